The monoisotopic (exact) mass is 375 g/mol. The lowest BCUT2D eigenvalue weighted by atomic mass is 10.0. The Morgan fingerprint density at radius 3 is 2.75 bits per heavy atom. The number of rotatable bonds is 5. The Morgan fingerprint density at radius 1 is 1.21 bits per heavy atom. The molecular formula is C23H20FN2O2. The molecule has 4 nitrogen and oxygen atoms in total. The number of nitrogens with zero attached hydrogens (tertiary/aromatic N) is 1. The third kappa shape index (κ3) is 2.94. The quantitative estimate of drug-likeness (QED) is 0.564. The zero-order valence-electron chi connectivity index (χ0n) is 15.8. The fourth-order valence-corrected chi connectivity index (χ4v) is 3.73. The molecule has 0 aliphatic rings. The maximum atomic E-state index is 14.7. The Kier molecular flexibility index (Phi) is 4.61. The molecule has 0 bridgehead atoms. The summed E-state index contributed by atoms with van der Waals surface area (Å²) >= 11 is 0. The molecule has 2 N–H and O–H groups in total. The number of benzene rings is 3. The van der Waals surface area contributed by atoms with E-state index in [2.05, 4.69) is 6.07 Å². The Hall–Kier alpha value is -3.18. The lowest BCUT2D eigenvalue weighted by Gasteiger charge is -2.11. The first kappa shape index (κ1) is 18.2. The Labute approximate surface area is 162 Å². The summed E-state index contributed by atoms with van der Waals surface area (Å²) < 4.78 is 21.9. The number of nitrogens with two attached hydrogens (primary N) is 1. The molecule has 0 fully saturated rings. The summed E-state index contributed by atoms with van der Waals surface area (Å²) in [6.45, 7) is 2.52. The topological polar surface area (TPSA) is 57.2 Å². The number of primary amides is 1. The molecule has 0 saturated carbocycles. The van der Waals surface area contributed by atoms with Crippen molar-refractivity contribution in [2.24, 2.45) is 5.73 Å². The van der Waals surface area contributed by atoms with Gasteiger partial charge in [-0.2, -0.15) is 0 Å². The number of fused-ring (bicyclic) bond motifs is 3. The van der Waals surface area contributed by atoms with Crippen LogP contribution in [0.3, 0.4) is 0 Å². The molecule has 1 radical (unpaired) electrons. The van der Waals surface area contributed by atoms with E-state index >= 15 is 0 Å². The number of carbonyl (C=O) groups is 1. The molecule has 4 rings (SSSR count). The van der Waals surface area contributed by atoms with Gasteiger partial charge >= 0.3 is 0 Å². The van der Waals surface area contributed by atoms with Gasteiger partial charge in [0.1, 0.15) is 5.82 Å². The second-order valence-electron chi connectivity index (χ2n) is 6.90. The molecule has 0 saturated heterocycles. The predicted molar refractivity (Wildman–Crippen MR) is 108 cm³/mol. The van der Waals surface area contributed by atoms with Crippen molar-refractivity contribution in [1.29, 1.82) is 0 Å². The van der Waals surface area contributed by atoms with Gasteiger partial charge in [0.2, 0.25) is 5.91 Å². The minimum absolute atomic E-state index is 0.222. The van der Waals surface area contributed by atoms with Gasteiger partial charge in [-0.1, -0.05) is 24.3 Å². The summed E-state index contributed by atoms with van der Waals surface area (Å²) in [5.74, 6) is -0.721. The minimum Gasteiger partial charge on any atom is -0.380 e. The first-order valence-electron chi connectivity index (χ1n) is 8.99. The number of aryl methyl sites for hydroxylation is 1. The molecule has 0 aliphatic carbocycles. The van der Waals surface area contributed by atoms with Gasteiger partial charge < -0.3 is 15.0 Å². The number of hydrogen-bond acceptors (Lipinski definition) is 2. The maximum absolute atomic E-state index is 14.7. The molecule has 0 spiro atoms. The molecular weight excluding hydrogens is 355 g/mol. The van der Waals surface area contributed by atoms with E-state index in [1.54, 1.807) is 38.3 Å². The van der Waals surface area contributed by atoms with Crippen LogP contribution in [-0.2, 0) is 17.9 Å². The van der Waals surface area contributed by atoms with Crippen molar-refractivity contribution in [3.05, 3.63) is 82.7 Å². The molecule has 0 aliphatic heterocycles. The first-order valence-corrected chi connectivity index (χ1v) is 8.99. The van der Waals surface area contributed by atoms with Crippen molar-refractivity contribution in [2.45, 2.75) is 20.1 Å². The highest BCUT2D eigenvalue weighted by atomic mass is 19.1. The summed E-state index contributed by atoms with van der Waals surface area (Å²) in [6.07, 6.45) is 0. The van der Waals surface area contributed by atoms with Crippen molar-refractivity contribution in [3.63, 3.8) is 0 Å². The van der Waals surface area contributed by atoms with Gasteiger partial charge in [-0.15, -0.1) is 0 Å². The second-order valence-corrected chi connectivity index (χ2v) is 6.90. The van der Waals surface area contributed by atoms with E-state index in [1.807, 2.05) is 28.8 Å². The number of halogens is 1. The Balaban J connectivity index is 2.04. The van der Waals surface area contributed by atoms with Gasteiger partial charge in [0.05, 0.1) is 24.2 Å². The first-order chi connectivity index (χ1) is 13.5. The zero-order valence-corrected chi connectivity index (χ0v) is 15.8. The number of carbonyl (C=O) groups excluding carboxylic acids is 1. The van der Waals surface area contributed by atoms with Gasteiger partial charge in [0.15, 0.2) is 0 Å². The van der Waals surface area contributed by atoms with Crippen LogP contribution in [0.5, 0.6) is 0 Å². The lowest BCUT2D eigenvalue weighted by molar-refractivity contribution is 0.100. The number of aromatic nitrogens is 1. The average molecular weight is 375 g/mol. The third-order valence-electron chi connectivity index (χ3n) is 5.03. The van der Waals surface area contributed by atoms with Crippen molar-refractivity contribution in [1.82, 2.24) is 4.57 Å². The molecule has 0 unspecified atom stereocenters. The number of ether oxygens (including phenoxy) is 1. The lowest BCUT2D eigenvalue weighted by Crippen LogP contribution is -2.11. The molecule has 28 heavy (non-hydrogen) atoms. The number of hydrogen-bond donors (Lipinski definition) is 1. The van der Waals surface area contributed by atoms with Gasteiger partial charge in [0, 0.05) is 29.0 Å². The SMILES string of the molecule is COCc1c[c]c2c3c(C(N)=O)cccc3n(Cc3cccc(C)c3F)c2c1. The van der Waals surface area contributed by atoms with E-state index in [4.69, 9.17) is 10.5 Å². The van der Waals surface area contributed by atoms with Crippen LogP contribution in [0.1, 0.15) is 27.0 Å². The summed E-state index contributed by atoms with van der Waals surface area (Å²) in [4.78, 5) is 12.0. The van der Waals surface area contributed by atoms with Gasteiger partial charge in [-0.05, 0) is 48.4 Å². The van der Waals surface area contributed by atoms with E-state index in [-0.39, 0.29) is 5.82 Å². The van der Waals surface area contributed by atoms with Crippen LogP contribution in [0.4, 0.5) is 4.39 Å². The molecule has 0 atom stereocenters. The molecule has 141 valence electrons. The largest absolute Gasteiger partial charge is 0.380 e. The van der Waals surface area contributed by atoms with E-state index in [0.29, 0.717) is 29.8 Å². The third-order valence-corrected chi connectivity index (χ3v) is 5.03. The number of methoxy groups -OCH3 is 1. The maximum Gasteiger partial charge on any atom is 0.249 e. The van der Waals surface area contributed by atoms with Crippen LogP contribution >= 0.6 is 0 Å². The smallest absolute Gasteiger partial charge is 0.249 e. The average Bonchev–Trinajstić information content (AvgIpc) is 2.99. The normalized spacial score (nSPS) is 11.4. The van der Waals surface area contributed by atoms with Gasteiger partial charge in [-0.3, -0.25) is 4.79 Å². The second kappa shape index (κ2) is 7.09. The zero-order chi connectivity index (χ0) is 19.8. The standard InChI is InChI=1S/C23H20FN2O2/c1-14-5-3-6-16(22(14)24)12-26-19-8-4-7-18(23(25)27)21(19)17-10-9-15(13-28-2)11-20(17)26/h3-9,11H,12-13H2,1-2H3,(H2,25,27). The van der Waals surface area contributed by atoms with Crippen LogP contribution in [0.15, 0.2) is 48.5 Å². The van der Waals surface area contributed by atoms with E-state index in [0.717, 1.165) is 27.4 Å². The van der Waals surface area contributed by atoms with Crippen molar-refractivity contribution in [2.75, 3.05) is 7.11 Å². The Morgan fingerprint density at radius 2 is 2.00 bits per heavy atom. The van der Waals surface area contributed by atoms with Crippen molar-refractivity contribution >= 4 is 27.7 Å². The fourth-order valence-electron chi connectivity index (χ4n) is 3.73. The minimum atomic E-state index is -0.499. The summed E-state index contributed by atoms with van der Waals surface area (Å²) in [7, 11) is 1.63. The van der Waals surface area contributed by atoms with Crippen LogP contribution < -0.4 is 5.73 Å². The fraction of sp³-hybridized carbons (Fsp3) is 0.174. The van der Waals surface area contributed by atoms with Crippen LogP contribution in [0, 0.1) is 18.8 Å². The van der Waals surface area contributed by atoms with E-state index in [1.165, 1.54) is 0 Å². The molecule has 1 amide bonds. The van der Waals surface area contributed by atoms with E-state index in [9.17, 15) is 9.18 Å². The number of amides is 1. The molecule has 4 aromatic rings. The van der Waals surface area contributed by atoms with Gasteiger partial charge in [-0.25, -0.2) is 4.39 Å². The highest BCUT2D eigenvalue weighted by Gasteiger charge is 2.18. The van der Waals surface area contributed by atoms with Crippen LogP contribution in [0.2, 0.25) is 0 Å². The summed E-state index contributed by atoms with van der Waals surface area (Å²) in [6, 6.07) is 17.9. The van der Waals surface area contributed by atoms with Crippen molar-refractivity contribution in [3.8, 4) is 0 Å². The molecule has 3 aromatic carbocycles. The summed E-state index contributed by atoms with van der Waals surface area (Å²) in [5.41, 5.74) is 9.85. The Bertz CT molecular complexity index is 1210. The van der Waals surface area contributed by atoms with Crippen LogP contribution in [0.25, 0.3) is 21.8 Å². The molecule has 5 heteroatoms. The van der Waals surface area contributed by atoms with Crippen molar-refractivity contribution < 1.29 is 13.9 Å². The predicted octanol–water partition coefficient (Wildman–Crippen LogP) is 4.34. The highest BCUT2D eigenvalue weighted by molar-refractivity contribution is 6.17. The van der Waals surface area contributed by atoms with Crippen LogP contribution in [-0.4, -0.2) is 17.6 Å². The van der Waals surface area contributed by atoms with E-state index < -0.39 is 5.91 Å². The summed E-state index contributed by atoms with van der Waals surface area (Å²) in [5, 5.41) is 1.53. The van der Waals surface area contributed by atoms with Gasteiger partial charge in [0.25, 0.3) is 0 Å². The molecule has 1 heterocycles. The molecule has 1 aromatic heterocycles. The highest BCUT2D eigenvalue weighted by Crippen LogP contribution is 2.33.